The molecule has 2 aromatic carbocycles. The van der Waals surface area contributed by atoms with Gasteiger partial charge in [0.05, 0.1) is 6.26 Å². The Morgan fingerprint density at radius 1 is 0.867 bits per heavy atom. The van der Waals surface area contributed by atoms with Gasteiger partial charge in [0, 0.05) is 11.5 Å². The van der Waals surface area contributed by atoms with Crippen LogP contribution in [0.25, 0.3) is 22.1 Å². The third kappa shape index (κ3) is 1.33. The van der Waals surface area contributed by atoms with Gasteiger partial charge in [-0.2, -0.15) is 0 Å². The van der Waals surface area contributed by atoms with Crippen molar-refractivity contribution in [2.45, 2.75) is 0 Å². The quantitative estimate of drug-likeness (QED) is 0.571. The Kier molecular flexibility index (Phi) is 1.82. The molecule has 15 heavy (non-hydrogen) atoms. The van der Waals surface area contributed by atoms with Crippen LogP contribution in [0, 0.1) is 6.07 Å². The molecule has 0 saturated carbocycles. The van der Waals surface area contributed by atoms with E-state index >= 15 is 0 Å². The van der Waals surface area contributed by atoms with E-state index in [1.807, 2.05) is 30.3 Å². The maximum Gasteiger partial charge on any atom is 0.135 e. The van der Waals surface area contributed by atoms with Crippen molar-refractivity contribution in [3.8, 4) is 11.1 Å². The highest BCUT2D eigenvalue weighted by atomic mass is 16.3. The van der Waals surface area contributed by atoms with E-state index in [-0.39, 0.29) is 0 Å². The summed E-state index contributed by atoms with van der Waals surface area (Å²) >= 11 is 0. The molecule has 0 atom stereocenters. The van der Waals surface area contributed by atoms with Gasteiger partial charge in [-0.25, -0.2) is 0 Å². The highest BCUT2D eigenvalue weighted by molar-refractivity contribution is 5.93. The lowest BCUT2D eigenvalue weighted by molar-refractivity contribution is 0.615. The van der Waals surface area contributed by atoms with E-state index < -0.39 is 0 Å². The van der Waals surface area contributed by atoms with Crippen molar-refractivity contribution < 1.29 is 4.42 Å². The minimum Gasteiger partial charge on any atom is -0.464 e. The second-order valence-corrected chi connectivity index (χ2v) is 3.42. The van der Waals surface area contributed by atoms with Gasteiger partial charge in [-0.1, -0.05) is 42.5 Å². The normalized spacial score (nSPS) is 10.7. The molecule has 3 rings (SSSR count). The number of furan rings is 1. The highest BCUT2D eigenvalue weighted by Gasteiger charge is 2.04. The molecular formula is C14H9O. The molecule has 71 valence electrons. The van der Waals surface area contributed by atoms with Crippen molar-refractivity contribution in [3.63, 3.8) is 0 Å². The standard InChI is InChI=1S/C14H9O/c1-2-5-11(6-3-1)12-7-4-8-14-13(12)9-10-15-14/h1-8,10H. The Bertz CT molecular complexity index is 578. The van der Waals surface area contributed by atoms with Gasteiger partial charge in [-0.3, -0.25) is 0 Å². The molecule has 1 aromatic heterocycles. The van der Waals surface area contributed by atoms with Crippen molar-refractivity contribution in [3.05, 3.63) is 60.9 Å². The van der Waals surface area contributed by atoms with E-state index in [2.05, 4.69) is 24.3 Å². The summed E-state index contributed by atoms with van der Waals surface area (Å²) in [5, 5.41) is 1.05. The van der Waals surface area contributed by atoms with Gasteiger partial charge in [0.1, 0.15) is 5.58 Å². The zero-order chi connectivity index (χ0) is 10.1. The predicted octanol–water partition coefficient (Wildman–Crippen LogP) is 3.90. The number of hydrogen-bond donors (Lipinski definition) is 0. The molecule has 0 spiro atoms. The van der Waals surface area contributed by atoms with E-state index in [0.29, 0.717) is 0 Å². The first kappa shape index (κ1) is 8.30. The summed E-state index contributed by atoms with van der Waals surface area (Å²) in [6.45, 7) is 0. The minimum atomic E-state index is 0.886. The fourth-order valence-corrected chi connectivity index (χ4v) is 1.79. The van der Waals surface area contributed by atoms with Crippen molar-refractivity contribution in [1.82, 2.24) is 0 Å². The second kappa shape index (κ2) is 3.28. The Hall–Kier alpha value is -2.02. The summed E-state index contributed by atoms with van der Waals surface area (Å²) in [7, 11) is 0. The first-order valence-corrected chi connectivity index (χ1v) is 4.88. The van der Waals surface area contributed by atoms with E-state index in [1.165, 1.54) is 11.1 Å². The van der Waals surface area contributed by atoms with Crippen LogP contribution < -0.4 is 0 Å². The van der Waals surface area contributed by atoms with Gasteiger partial charge in [0.2, 0.25) is 0 Å². The van der Waals surface area contributed by atoms with Crippen LogP contribution in [-0.2, 0) is 0 Å². The number of hydrogen-bond acceptors (Lipinski definition) is 1. The molecule has 0 amide bonds. The van der Waals surface area contributed by atoms with Gasteiger partial charge in [0.25, 0.3) is 0 Å². The first-order valence-electron chi connectivity index (χ1n) is 4.88. The molecular weight excluding hydrogens is 184 g/mol. The molecule has 0 aliphatic carbocycles. The zero-order valence-corrected chi connectivity index (χ0v) is 8.10. The lowest BCUT2D eigenvalue weighted by atomic mass is 10.0. The summed E-state index contributed by atoms with van der Waals surface area (Å²) in [6, 6.07) is 19.4. The monoisotopic (exact) mass is 193 g/mol. The molecule has 1 heteroatoms. The van der Waals surface area contributed by atoms with Crippen LogP contribution in [0.15, 0.2) is 59.2 Å². The summed E-state index contributed by atoms with van der Waals surface area (Å²) in [5.74, 6) is 0. The van der Waals surface area contributed by atoms with E-state index in [9.17, 15) is 0 Å². The van der Waals surface area contributed by atoms with Crippen molar-refractivity contribution in [1.29, 1.82) is 0 Å². The van der Waals surface area contributed by atoms with Crippen LogP contribution >= 0.6 is 0 Å². The number of fused-ring (bicyclic) bond motifs is 1. The van der Waals surface area contributed by atoms with E-state index in [1.54, 1.807) is 6.26 Å². The average molecular weight is 193 g/mol. The average Bonchev–Trinajstić information content (AvgIpc) is 2.78. The molecule has 0 saturated heterocycles. The molecule has 0 unspecified atom stereocenters. The lowest BCUT2D eigenvalue weighted by Crippen LogP contribution is -1.77. The second-order valence-electron chi connectivity index (χ2n) is 3.42. The summed E-state index contributed by atoms with van der Waals surface area (Å²) in [5.41, 5.74) is 3.25. The molecule has 1 radical (unpaired) electrons. The molecule has 1 nitrogen and oxygen atoms in total. The molecule has 0 fully saturated rings. The van der Waals surface area contributed by atoms with Crippen LogP contribution in [0.5, 0.6) is 0 Å². The van der Waals surface area contributed by atoms with Gasteiger partial charge < -0.3 is 4.42 Å². The van der Waals surface area contributed by atoms with E-state index in [0.717, 1.165) is 11.0 Å². The van der Waals surface area contributed by atoms with Crippen LogP contribution in [-0.4, -0.2) is 0 Å². The largest absolute Gasteiger partial charge is 0.464 e. The Morgan fingerprint density at radius 3 is 2.60 bits per heavy atom. The fourth-order valence-electron chi connectivity index (χ4n) is 1.79. The summed E-state index contributed by atoms with van der Waals surface area (Å²) in [4.78, 5) is 0. The third-order valence-corrected chi connectivity index (χ3v) is 2.50. The molecule has 1 heterocycles. The topological polar surface area (TPSA) is 13.1 Å². The van der Waals surface area contributed by atoms with Gasteiger partial charge in [-0.15, -0.1) is 0 Å². The van der Waals surface area contributed by atoms with Crippen LogP contribution in [0.3, 0.4) is 0 Å². The van der Waals surface area contributed by atoms with E-state index in [4.69, 9.17) is 4.42 Å². The van der Waals surface area contributed by atoms with Crippen LogP contribution in [0.2, 0.25) is 0 Å². The molecule has 0 aliphatic rings. The van der Waals surface area contributed by atoms with Crippen molar-refractivity contribution in [2.24, 2.45) is 0 Å². The Labute approximate surface area is 88.0 Å². The van der Waals surface area contributed by atoms with Gasteiger partial charge in [-0.05, 0) is 17.2 Å². The third-order valence-electron chi connectivity index (χ3n) is 2.50. The van der Waals surface area contributed by atoms with Crippen LogP contribution in [0.4, 0.5) is 0 Å². The zero-order valence-electron chi connectivity index (χ0n) is 8.10. The Balaban J connectivity index is 2.31. The maximum absolute atomic E-state index is 5.32. The molecule has 0 N–H and O–H groups in total. The molecule has 3 aromatic rings. The summed E-state index contributed by atoms with van der Waals surface area (Å²) in [6.07, 6.45) is 1.61. The van der Waals surface area contributed by atoms with Gasteiger partial charge in [0.15, 0.2) is 0 Å². The SMILES string of the molecule is [c]1coc2cccc(-c3ccccc3)c12. The minimum absolute atomic E-state index is 0.886. The van der Waals surface area contributed by atoms with Crippen molar-refractivity contribution in [2.75, 3.05) is 0 Å². The van der Waals surface area contributed by atoms with Gasteiger partial charge >= 0.3 is 0 Å². The Morgan fingerprint density at radius 2 is 1.73 bits per heavy atom. The number of benzene rings is 2. The maximum atomic E-state index is 5.32. The molecule has 0 aliphatic heterocycles. The first-order chi connectivity index (χ1) is 7.45. The highest BCUT2D eigenvalue weighted by Crippen LogP contribution is 2.28. The summed E-state index contributed by atoms with van der Waals surface area (Å²) < 4.78 is 5.32. The fraction of sp³-hybridized carbons (Fsp3) is 0. The smallest absolute Gasteiger partial charge is 0.135 e. The lowest BCUT2D eigenvalue weighted by Gasteiger charge is -2.01. The number of rotatable bonds is 1. The van der Waals surface area contributed by atoms with Crippen LogP contribution in [0.1, 0.15) is 0 Å². The molecule has 0 bridgehead atoms. The predicted molar refractivity (Wildman–Crippen MR) is 60.5 cm³/mol. The van der Waals surface area contributed by atoms with Crippen molar-refractivity contribution >= 4 is 11.0 Å².